The third-order valence-corrected chi connectivity index (χ3v) is 4.96. The Morgan fingerprint density at radius 2 is 2.00 bits per heavy atom. The fourth-order valence-corrected chi connectivity index (χ4v) is 3.25. The van der Waals surface area contributed by atoms with E-state index in [1.807, 2.05) is 12.1 Å². The van der Waals surface area contributed by atoms with Gasteiger partial charge in [-0.2, -0.15) is 0 Å². The van der Waals surface area contributed by atoms with Crippen LogP contribution in [-0.4, -0.2) is 85.2 Å². The second kappa shape index (κ2) is 14.7. The smallest absolute Gasteiger partial charge is 0.191 e. The fraction of sp³-hybridized carbons (Fsp3) is 0.667. The van der Waals surface area contributed by atoms with Gasteiger partial charge in [-0.05, 0) is 44.6 Å². The van der Waals surface area contributed by atoms with Crippen LogP contribution in [0.15, 0.2) is 23.2 Å². The number of nitrogens with one attached hydrogen (secondary N) is 2. The number of methoxy groups -OCH3 is 2. The zero-order valence-electron chi connectivity index (χ0n) is 18.8. The molecule has 0 aliphatic carbocycles. The van der Waals surface area contributed by atoms with E-state index >= 15 is 0 Å². The van der Waals surface area contributed by atoms with Crippen molar-refractivity contribution < 1.29 is 18.9 Å². The van der Waals surface area contributed by atoms with E-state index in [0.29, 0.717) is 6.54 Å². The molecule has 1 aliphatic heterocycles. The highest BCUT2D eigenvalue weighted by Gasteiger charge is 2.17. The number of nitrogens with zero attached hydrogens (tertiary/aromatic N) is 2. The lowest BCUT2D eigenvalue weighted by atomic mass is 10.1. The predicted molar refractivity (Wildman–Crippen MR) is 131 cm³/mol. The van der Waals surface area contributed by atoms with Crippen LogP contribution < -0.4 is 20.1 Å². The average molecular weight is 536 g/mol. The molecule has 2 rings (SSSR count). The average Bonchev–Trinajstić information content (AvgIpc) is 3.25. The molecule has 2 N–H and O–H groups in total. The molecule has 30 heavy (non-hydrogen) atoms. The zero-order chi connectivity index (χ0) is 21.1. The number of benzene rings is 1. The van der Waals surface area contributed by atoms with Crippen LogP contribution in [0.4, 0.5) is 0 Å². The van der Waals surface area contributed by atoms with E-state index in [0.717, 1.165) is 62.2 Å². The van der Waals surface area contributed by atoms with Crippen LogP contribution in [0, 0.1) is 0 Å². The molecular formula is C21H37IN4O4. The summed E-state index contributed by atoms with van der Waals surface area (Å²) < 4.78 is 21.9. The number of hydrogen-bond donors (Lipinski definition) is 2. The van der Waals surface area contributed by atoms with Crippen LogP contribution in [0.3, 0.4) is 0 Å². The number of rotatable bonds is 11. The SMILES string of the molecule is CN=C(NCCCOC1CCOC1)NCC(c1ccc(OC)c(OC)c1)N(C)C.I. The summed E-state index contributed by atoms with van der Waals surface area (Å²) in [4.78, 5) is 6.49. The molecule has 0 amide bonds. The number of ether oxygens (including phenoxy) is 4. The van der Waals surface area contributed by atoms with Crippen molar-refractivity contribution in [3.63, 3.8) is 0 Å². The first kappa shape index (κ1) is 26.7. The molecule has 2 atom stereocenters. The van der Waals surface area contributed by atoms with Gasteiger partial charge in [-0.15, -0.1) is 24.0 Å². The molecule has 172 valence electrons. The van der Waals surface area contributed by atoms with Gasteiger partial charge in [-0.3, -0.25) is 4.99 Å². The second-order valence-corrected chi connectivity index (χ2v) is 7.18. The molecule has 1 fully saturated rings. The van der Waals surface area contributed by atoms with Gasteiger partial charge in [0.05, 0.1) is 33.0 Å². The Hall–Kier alpha value is -1.30. The van der Waals surface area contributed by atoms with E-state index in [1.165, 1.54) is 0 Å². The molecule has 1 saturated heterocycles. The van der Waals surface area contributed by atoms with Gasteiger partial charge in [-0.25, -0.2) is 0 Å². The molecule has 8 nitrogen and oxygen atoms in total. The highest BCUT2D eigenvalue weighted by Crippen LogP contribution is 2.31. The van der Waals surface area contributed by atoms with Crippen molar-refractivity contribution >= 4 is 29.9 Å². The van der Waals surface area contributed by atoms with Gasteiger partial charge in [0.1, 0.15) is 0 Å². The van der Waals surface area contributed by atoms with Gasteiger partial charge in [0, 0.05) is 33.4 Å². The minimum Gasteiger partial charge on any atom is -0.493 e. The number of guanidine groups is 1. The lowest BCUT2D eigenvalue weighted by Gasteiger charge is -2.26. The van der Waals surface area contributed by atoms with Crippen LogP contribution in [0.2, 0.25) is 0 Å². The maximum absolute atomic E-state index is 5.79. The molecular weight excluding hydrogens is 499 g/mol. The number of likely N-dealkylation sites (N-methyl/N-ethyl adjacent to an activating group) is 1. The molecule has 0 spiro atoms. The van der Waals surface area contributed by atoms with Crippen molar-refractivity contribution in [2.75, 3.05) is 68.3 Å². The highest BCUT2D eigenvalue weighted by molar-refractivity contribution is 14.0. The standard InChI is InChI=1S/C21H36N4O4.HI/c1-22-21(23-10-6-11-29-17-9-12-28-15-17)24-14-18(25(2)3)16-7-8-19(26-4)20(13-16)27-5;/h7-8,13,17-18H,6,9-12,14-15H2,1-5H3,(H2,22,23,24);1H. The predicted octanol–water partition coefficient (Wildman–Crippen LogP) is 2.29. The van der Waals surface area contributed by atoms with Gasteiger partial charge in [0.25, 0.3) is 0 Å². The fourth-order valence-electron chi connectivity index (χ4n) is 3.25. The third kappa shape index (κ3) is 8.44. The Balaban J connectivity index is 0.00000450. The highest BCUT2D eigenvalue weighted by atomic mass is 127. The molecule has 0 radical (unpaired) electrons. The number of halogens is 1. The van der Waals surface area contributed by atoms with Crippen molar-refractivity contribution in [1.82, 2.24) is 15.5 Å². The van der Waals surface area contributed by atoms with Gasteiger partial charge >= 0.3 is 0 Å². The molecule has 1 aromatic rings. The summed E-state index contributed by atoms with van der Waals surface area (Å²) >= 11 is 0. The largest absolute Gasteiger partial charge is 0.493 e. The van der Waals surface area contributed by atoms with E-state index in [4.69, 9.17) is 18.9 Å². The molecule has 1 heterocycles. The second-order valence-electron chi connectivity index (χ2n) is 7.18. The van der Waals surface area contributed by atoms with Crippen LogP contribution in [0.1, 0.15) is 24.4 Å². The summed E-state index contributed by atoms with van der Waals surface area (Å²) in [5.41, 5.74) is 1.14. The van der Waals surface area contributed by atoms with Gasteiger partial charge in [0.2, 0.25) is 0 Å². The summed E-state index contributed by atoms with van der Waals surface area (Å²) in [5, 5.41) is 6.76. The molecule has 1 aromatic carbocycles. The Kier molecular flexibility index (Phi) is 13.1. The minimum atomic E-state index is 0. The quantitative estimate of drug-likeness (QED) is 0.195. The van der Waals surface area contributed by atoms with Crippen molar-refractivity contribution in [3.05, 3.63) is 23.8 Å². The lowest BCUT2D eigenvalue weighted by Crippen LogP contribution is -2.42. The van der Waals surface area contributed by atoms with Crippen molar-refractivity contribution in [1.29, 1.82) is 0 Å². The summed E-state index contributed by atoms with van der Waals surface area (Å²) in [6.45, 7) is 3.77. The van der Waals surface area contributed by atoms with Crippen LogP contribution in [0.5, 0.6) is 11.5 Å². The Morgan fingerprint density at radius 1 is 1.23 bits per heavy atom. The molecule has 0 aromatic heterocycles. The Labute approximate surface area is 197 Å². The number of aliphatic imine (C=N–C) groups is 1. The first-order chi connectivity index (χ1) is 14.1. The normalized spacial score (nSPS) is 17.4. The van der Waals surface area contributed by atoms with Crippen molar-refractivity contribution in [2.45, 2.75) is 25.0 Å². The van der Waals surface area contributed by atoms with Gasteiger partial charge < -0.3 is 34.5 Å². The molecule has 2 unspecified atom stereocenters. The van der Waals surface area contributed by atoms with E-state index in [1.54, 1.807) is 21.3 Å². The summed E-state index contributed by atoms with van der Waals surface area (Å²) in [7, 11) is 9.19. The number of hydrogen-bond acceptors (Lipinski definition) is 6. The Morgan fingerprint density at radius 3 is 2.60 bits per heavy atom. The van der Waals surface area contributed by atoms with Gasteiger partial charge in [-0.1, -0.05) is 6.07 Å². The van der Waals surface area contributed by atoms with Crippen molar-refractivity contribution in [3.8, 4) is 11.5 Å². The molecule has 0 saturated carbocycles. The molecule has 9 heteroatoms. The van der Waals surface area contributed by atoms with Crippen molar-refractivity contribution in [2.24, 2.45) is 4.99 Å². The van der Waals surface area contributed by atoms with Crippen LogP contribution >= 0.6 is 24.0 Å². The first-order valence-electron chi connectivity index (χ1n) is 10.1. The molecule has 1 aliphatic rings. The first-order valence-corrected chi connectivity index (χ1v) is 10.1. The maximum atomic E-state index is 5.79. The summed E-state index contributed by atoms with van der Waals surface area (Å²) in [6.07, 6.45) is 2.18. The minimum absolute atomic E-state index is 0. The van der Waals surface area contributed by atoms with Gasteiger partial charge in [0.15, 0.2) is 17.5 Å². The van der Waals surface area contributed by atoms with E-state index in [9.17, 15) is 0 Å². The Bertz CT molecular complexity index is 639. The molecule has 0 bridgehead atoms. The van der Waals surface area contributed by atoms with Crippen LogP contribution in [0.25, 0.3) is 0 Å². The van der Waals surface area contributed by atoms with Crippen LogP contribution in [-0.2, 0) is 9.47 Å². The van der Waals surface area contributed by atoms with E-state index in [2.05, 4.69) is 40.7 Å². The maximum Gasteiger partial charge on any atom is 0.191 e. The topological polar surface area (TPSA) is 76.6 Å². The summed E-state index contributed by atoms with van der Waals surface area (Å²) in [5.74, 6) is 2.24. The third-order valence-electron chi connectivity index (χ3n) is 4.96. The van der Waals surface area contributed by atoms with E-state index < -0.39 is 0 Å². The lowest BCUT2D eigenvalue weighted by molar-refractivity contribution is 0.0420. The van der Waals surface area contributed by atoms with E-state index in [-0.39, 0.29) is 36.1 Å². The monoisotopic (exact) mass is 536 g/mol. The summed E-state index contributed by atoms with van der Waals surface area (Å²) in [6, 6.07) is 6.17. The zero-order valence-corrected chi connectivity index (χ0v) is 21.1.